The maximum atomic E-state index is 5.21. The van der Waals surface area contributed by atoms with Gasteiger partial charge in [0.15, 0.2) is 5.76 Å². The lowest BCUT2D eigenvalue weighted by atomic mass is 10.2. The molecule has 6 nitrogen and oxygen atoms in total. The summed E-state index contributed by atoms with van der Waals surface area (Å²) in [5.74, 6) is 3.61. The minimum absolute atomic E-state index is 0.274. The van der Waals surface area contributed by atoms with Crippen molar-refractivity contribution in [1.82, 2.24) is 15.1 Å². The van der Waals surface area contributed by atoms with E-state index in [0.717, 1.165) is 41.0 Å². The van der Waals surface area contributed by atoms with Crippen LogP contribution in [0.4, 0.5) is 11.6 Å². The number of hydrogen-bond acceptors (Lipinski definition) is 6. The van der Waals surface area contributed by atoms with Crippen molar-refractivity contribution in [2.45, 2.75) is 47.1 Å². The highest BCUT2D eigenvalue weighted by molar-refractivity contribution is 5.57. The van der Waals surface area contributed by atoms with Gasteiger partial charge in [0, 0.05) is 24.1 Å². The molecule has 2 heterocycles. The van der Waals surface area contributed by atoms with Gasteiger partial charge in [-0.3, -0.25) is 0 Å². The Hall–Kier alpha value is -2.11. The van der Waals surface area contributed by atoms with Gasteiger partial charge >= 0.3 is 0 Å². The van der Waals surface area contributed by atoms with Crippen LogP contribution < -0.4 is 10.6 Å². The van der Waals surface area contributed by atoms with Crippen molar-refractivity contribution in [1.29, 1.82) is 0 Å². The molecular weight excluding hydrogens is 266 g/mol. The lowest BCUT2D eigenvalue weighted by molar-refractivity contribution is 0.384. The van der Waals surface area contributed by atoms with Gasteiger partial charge in [-0.05, 0) is 20.8 Å². The summed E-state index contributed by atoms with van der Waals surface area (Å²) >= 11 is 0. The van der Waals surface area contributed by atoms with Crippen LogP contribution in [0, 0.1) is 13.8 Å². The van der Waals surface area contributed by atoms with Crippen molar-refractivity contribution in [2.24, 2.45) is 0 Å². The summed E-state index contributed by atoms with van der Waals surface area (Å²) in [5, 5.41) is 10.5. The van der Waals surface area contributed by atoms with Gasteiger partial charge in [0.2, 0.25) is 0 Å². The van der Waals surface area contributed by atoms with E-state index in [-0.39, 0.29) is 5.92 Å². The zero-order chi connectivity index (χ0) is 15.4. The average Bonchev–Trinajstić information content (AvgIpc) is 2.85. The molecule has 0 aliphatic rings. The predicted molar refractivity (Wildman–Crippen MR) is 83.6 cm³/mol. The quantitative estimate of drug-likeness (QED) is 0.850. The molecule has 0 aliphatic carbocycles. The molecule has 2 aromatic rings. The molecule has 0 amide bonds. The van der Waals surface area contributed by atoms with Crippen LogP contribution in [-0.4, -0.2) is 21.7 Å². The summed E-state index contributed by atoms with van der Waals surface area (Å²) in [6.07, 6.45) is 0. The molecule has 21 heavy (non-hydrogen) atoms. The highest BCUT2D eigenvalue weighted by Crippen LogP contribution is 2.23. The lowest BCUT2D eigenvalue weighted by Gasteiger charge is -2.15. The van der Waals surface area contributed by atoms with Crippen molar-refractivity contribution < 1.29 is 4.52 Å². The van der Waals surface area contributed by atoms with E-state index in [1.165, 1.54) is 0 Å². The molecule has 0 unspecified atom stereocenters. The molecule has 0 saturated carbocycles. The summed E-state index contributed by atoms with van der Waals surface area (Å²) in [6, 6.07) is 1.91. The van der Waals surface area contributed by atoms with Crippen LogP contribution in [0.15, 0.2) is 10.6 Å². The van der Waals surface area contributed by atoms with Gasteiger partial charge in [0.05, 0.1) is 12.2 Å². The van der Waals surface area contributed by atoms with Crippen LogP contribution in [0.2, 0.25) is 0 Å². The normalized spacial score (nSPS) is 11.0. The monoisotopic (exact) mass is 289 g/mol. The largest absolute Gasteiger partial charge is 0.370 e. The lowest BCUT2D eigenvalue weighted by Crippen LogP contribution is -2.11. The third-order valence-corrected chi connectivity index (χ3v) is 3.13. The van der Waals surface area contributed by atoms with E-state index >= 15 is 0 Å². The minimum atomic E-state index is 0.274. The molecule has 0 spiro atoms. The molecule has 0 atom stereocenters. The fourth-order valence-corrected chi connectivity index (χ4v) is 1.97. The van der Waals surface area contributed by atoms with Gasteiger partial charge < -0.3 is 15.2 Å². The first-order valence-electron chi connectivity index (χ1n) is 7.29. The molecule has 2 N–H and O–H groups in total. The fourth-order valence-electron chi connectivity index (χ4n) is 1.97. The molecule has 0 saturated heterocycles. The Labute approximate surface area is 125 Å². The Morgan fingerprint density at radius 3 is 2.33 bits per heavy atom. The van der Waals surface area contributed by atoms with E-state index in [9.17, 15) is 0 Å². The number of nitrogens with zero attached hydrogens (tertiary/aromatic N) is 3. The predicted octanol–water partition coefficient (Wildman–Crippen LogP) is 3.25. The second-order valence-corrected chi connectivity index (χ2v) is 5.38. The first kappa shape index (κ1) is 15.3. The van der Waals surface area contributed by atoms with Crippen LogP contribution in [0.1, 0.15) is 49.5 Å². The second-order valence-electron chi connectivity index (χ2n) is 5.38. The van der Waals surface area contributed by atoms with Gasteiger partial charge in [-0.1, -0.05) is 19.0 Å². The molecule has 114 valence electrons. The molecule has 0 aromatic carbocycles. The van der Waals surface area contributed by atoms with Gasteiger partial charge in [-0.15, -0.1) is 0 Å². The zero-order valence-electron chi connectivity index (χ0n) is 13.3. The number of aryl methyl sites for hydroxylation is 1. The summed E-state index contributed by atoms with van der Waals surface area (Å²) < 4.78 is 5.21. The number of nitrogens with one attached hydrogen (secondary N) is 2. The maximum Gasteiger partial charge on any atom is 0.156 e. The van der Waals surface area contributed by atoms with Crippen molar-refractivity contribution in [3.05, 3.63) is 28.9 Å². The molecule has 0 aliphatic heterocycles. The Balaban J connectivity index is 2.23. The molecule has 2 rings (SSSR count). The fraction of sp³-hybridized carbons (Fsp3) is 0.533. The van der Waals surface area contributed by atoms with E-state index in [4.69, 9.17) is 4.52 Å². The molecule has 0 bridgehead atoms. The Bertz CT molecular complexity index is 606. The first-order chi connectivity index (χ1) is 10.0. The van der Waals surface area contributed by atoms with E-state index in [0.29, 0.717) is 6.54 Å². The Kier molecular flexibility index (Phi) is 4.77. The Morgan fingerprint density at radius 2 is 1.81 bits per heavy atom. The van der Waals surface area contributed by atoms with Crippen molar-refractivity contribution in [3.8, 4) is 0 Å². The van der Waals surface area contributed by atoms with Crippen LogP contribution in [0.25, 0.3) is 0 Å². The third-order valence-electron chi connectivity index (χ3n) is 3.13. The summed E-state index contributed by atoms with van der Waals surface area (Å²) in [6.45, 7) is 11.5. The molecule has 0 fully saturated rings. The van der Waals surface area contributed by atoms with Crippen molar-refractivity contribution in [3.63, 3.8) is 0 Å². The first-order valence-corrected chi connectivity index (χ1v) is 7.29. The summed E-state index contributed by atoms with van der Waals surface area (Å²) in [5.41, 5.74) is 1.89. The second kappa shape index (κ2) is 6.56. The zero-order valence-corrected chi connectivity index (χ0v) is 13.3. The highest BCUT2D eigenvalue weighted by Gasteiger charge is 2.13. The SMILES string of the molecule is CCNc1nc(C(C)C)nc(NCc2cc(C)no2)c1C. The minimum Gasteiger partial charge on any atom is -0.370 e. The van der Waals surface area contributed by atoms with Gasteiger partial charge in [-0.25, -0.2) is 9.97 Å². The van der Waals surface area contributed by atoms with E-state index in [1.54, 1.807) is 0 Å². The van der Waals surface area contributed by atoms with Crippen LogP contribution in [0.3, 0.4) is 0 Å². The van der Waals surface area contributed by atoms with Crippen molar-refractivity contribution >= 4 is 11.6 Å². The Morgan fingerprint density at radius 1 is 1.14 bits per heavy atom. The molecule has 2 aromatic heterocycles. The molecule has 0 radical (unpaired) electrons. The average molecular weight is 289 g/mol. The van der Waals surface area contributed by atoms with Crippen LogP contribution in [-0.2, 0) is 6.54 Å². The van der Waals surface area contributed by atoms with E-state index in [2.05, 4.69) is 46.5 Å². The van der Waals surface area contributed by atoms with E-state index < -0.39 is 0 Å². The number of aromatic nitrogens is 3. The number of rotatable bonds is 6. The smallest absolute Gasteiger partial charge is 0.156 e. The number of hydrogen-bond donors (Lipinski definition) is 2. The van der Waals surface area contributed by atoms with E-state index in [1.807, 2.05) is 19.9 Å². The van der Waals surface area contributed by atoms with Crippen LogP contribution >= 0.6 is 0 Å². The van der Waals surface area contributed by atoms with Crippen molar-refractivity contribution in [2.75, 3.05) is 17.2 Å². The topological polar surface area (TPSA) is 75.9 Å². The highest BCUT2D eigenvalue weighted by atomic mass is 16.5. The standard InChI is InChI=1S/C15H23N5O/c1-6-16-14-11(5)15(19-13(18-14)9(2)3)17-8-12-7-10(4)20-21-12/h7,9H,6,8H2,1-5H3,(H2,16,17,18,19). The van der Waals surface area contributed by atoms with Gasteiger partial charge in [-0.2, -0.15) is 0 Å². The number of anilines is 2. The van der Waals surface area contributed by atoms with Gasteiger partial charge in [0.1, 0.15) is 17.5 Å². The summed E-state index contributed by atoms with van der Waals surface area (Å²) in [7, 11) is 0. The van der Waals surface area contributed by atoms with Gasteiger partial charge in [0.25, 0.3) is 0 Å². The van der Waals surface area contributed by atoms with Crippen LogP contribution in [0.5, 0.6) is 0 Å². The molecule has 6 heteroatoms. The third kappa shape index (κ3) is 3.71. The maximum absolute atomic E-state index is 5.21. The molecular formula is C15H23N5O. The summed E-state index contributed by atoms with van der Waals surface area (Å²) in [4.78, 5) is 9.20.